The van der Waals surface area contributed by atoms with Gasteiger partial charge in [-0.25, -0.2) is 0 Å². The molecule has 0 radical (unpaired) electrons. The van der Waals surface area contributed by atoms with E-state index in [0.29, 0.717) is 30.1 Å². The quantitative estimate of drug-likeness (QED) is 0.408. The molecule has 0 aromatic rings. The van der Waals surface area contributed by atoms with Crippen molar-refractivity contribution in [1.29, 1.82) is 0 Å². The van der Waals surface area contributed by atoms with Gasteiger partial charge in [-0.05, 0) is 106 Å². The predicted octanol–water partition coefficient (Wildman–Crippen LogP) is 6.26. The van der Waals surface area contributed by atoms with E-state index < -0.39 is 17.8 Å². The first-order valence-electron chi connectivity index (χ1n) is 12.8. The SMILES string of the molecule is C=C1/C(=C\C=C2/CCC[C@]3(C)[C@@H]([C@@H](C)CC/C=C/CC(C)(C)O)CC[C@@H]23)C[C@@H](O)C[C@@H]1O. The van der Waals surface area contributed by atoms with Gasteiger partial charge in [-0.3, -0.25) is 0 Å². The Balaban J connectivity index is 1.65. The fourth-order valence-corrected chi connectivity index (χ4v) is 6.73. The zero-order chi connectivity index (χ0) is 23.5. The normalized spacial score (nSPS) is 37.4. The molecule has 3 fully saturated rings. The van der Waals surface area contributed by atoms with E-state index in [1.807, 2.05) is 13.8 Å². The average Bonchev–Trinajstić information content (AvgIpc) is 3.06. The standard InChI is InChI=1S/C29H46O3/c1-20(10-7-6-8-16-28(3,4)32)25-14-15-26-22(11-9-17-29(25,26)5)12-13-23-18-24(30)19-27(31)21(23)2/h6,8,12-13,20,24-27,30-32H,2,7,9-11,14-19H2,1,3-5H3/b8-6+,22-12+,23-13-/t20-,24+,25+,26-,27-,29+/m0/s1. The molecule has 32 heavy (non-hydrogen) atoms. The lowest BCUT2D eigenvalue weighted by Gasteiger charge is -2.44. The number of fused-ring (bicyclic) bond motifs is 1. The molecule has 3 heteroatoms. The van der Waals surface area contributed by atoms with Crippen LogP contribution in [-0.4, -0.2) is 33.1 Å². The van der Waals surface area contributed by atoms with Crippen molar-refractivity contribution >= 4 is 0 Å². The number of allylic oxidation sites excluding steroid dienone is 4. The second-order valence-corrected chi connectivity index (χ2v) is 11.7. The van der Waals surface area contributed by atoms with Crippen molar-refractivity contribution in [2.75, 3.05) is 0 Å². The Bertz CT molecular complexity index is 753. The highest BCUT2D eigenvalue weighted by molar-refractivity contribution is 5.38. The third-order valence-electron chi connectivity index (χ3n) is 8.56. The minimum atomic E-state index is -0.616. The lowest BCUT2D eigenvalue weighted by Crippen LogP contribution is -2.36. The van der Waals surface area contributed by atoms with Crippen molar-refractivity contribution < 1.29 is 15.3 Å². The molecule has 3 aliphatic carbocycles. The van der Waals surface area contributed by atoms with E-state index >= 15 is 0 Å². The maximum absolute atomic E-state index is 10.1. The lowest BCUT2D eigenvalue weighted by atomic mass is 9.60. The van der Waals surface area contributed by atoms with Crippen LogP contribution in [0.1, 0.15) is 91.9 Å². The van der Waals surface area contributed by atoms with Crippen LogP contribution < -0.4 is 0 Å². The maximum atomic E-state index is 10.1. The van der Waals surface area contributed by atoms with Crippen LogP contribution in [0.5, 0.6) is 0 Å². The Morgan fingerprint density at radius 1 is 1.19 bits per heavy atom. The molecule has 0 spiro atoms. The molecule has 0 unspecified atom stereocenters. The highest BCUT2D eigenvalue weighted by Gasteiger charge is 2.50. The van der Waals surface area contributed by atoms with Crippen LogP contribution in [0, 0.1) is 23.2 Å². The van der Waals surface area contributed by atoms with Gasteiger partial charge in [0.15, 0.2) is 0 Å². The first-order valence-corrected chi connectivity index (χ1v) is 12.8. The van der Waals surface area contributed by atoms with E-state index in [0.717, 1.165) is 29.9 Å². The molecule has 180 valence electrons. The minimum Gasteiger partial charge on any atom is -0.393 e. The third-order valence-corrected chi connectivity index (χ3v) is 8.56. The molecule has 0 saturated heterocycles. The van der Waals surface area contributed by atoms with Gasteiger partial charge in [0, 0.05) is 6.42 Å². The molecule has 0 aliphatic heterocycles. The molecule has 3 saturated carbocycles. The van der Waals surface area contributed by atoms with Crippen LogP contribution in [-0.2, 0) is 0 Å². The van der Waals surface area contributed by atoms with E-state index in [9.17, 15) is 15.3 Å². The fourth-order valence-electron chi connectivity index (χ4n) is 6.73. The molecule has 6 atom stereocenters. The van der Waals surface area contributed by atoms with Crippen molar-refractivity contribution in [3.8, 4) is 0 Å². The molecule has 3 rings (SSSR count). The summed E-state index contributed by atoms with van der Waals surface area (Å²) < 4.78 is 0. The lowest BCUT2D eigenvalue weighted by molar-refractivity contribution is 0.0835. The summed E-state index contributed by atoms with van der Waals surface area (Å²) in [5.41, 5.74) is 3.11. The summed E-state index contributed by atoms with van der Waals surface area (Å²) in [7, 11) is 0. The van der Waals surface area contributed by atoms with E-state index in [4.69, 9.17) is 0 Å². The fraction of sp³-hybridized carbons (Fsp3) is 0.724. The molecule has 0 aromatic carbocycles. The Labute approximate surface area is 196 Å². The van der Waals surface area contributed by atoms with Crippen LogP contribution in [0.4, 0.5) is 0 Å². The molecule has 0 aromatic heterocycles. The van der Waals surface area contributed by atoms with Gasteiger partial charge in [-0.2, -0.15) is 0 Å². The van der Waals surface area contributed by atoms with Crippen LogP contribution >= 0.6 is 0 Å². The van der Waals surface area contributed by atoms with Crippen molar-refractivity contribution in [3.63, 3.8) is 0 Å². The first-order chi connectivity index (χ1) is 15.0. The van der Waals surface area contributed by atoms with Gasteiger partial charge < -0.3 is 15.3 Å². The molecule has 3 nitrogen and oxygen atoms in total. The van der Waals surface area contributed by atoms with Gasteiger partial charge >= 0.3 is 0 Å². The summed E-state index contributed by atoms with van der Waals surface area (Å²) >= 11 is 0. The van der Waals surface area contributed by atoms with Gasteiger partial charge in [0.2, 0.25) is 0 Å². The minimum absolute atomic E-state index is 0.376. The van der Waals surface area contributed by atoms with Crippen molar-refractivity contribution in [2.24, 2.45) is 23.2 Å². The number of rotatable bonds is 7. The van der Waals surface area contributed by atoms with Gasteiger partial charge in [-0.15, -0.1) is 0 Å². The Morgan fingerprint density at radius 3 is 2.66 bits per heavy atom. The zero-order valence-electron chi connectivity index (χ0n) is 20.8. The monoisotopic (exact) mass is 442 g/mol. The second kappa shape index (κ2) is 10.4. The summed E-state index contributed by atoms with van der Waals surface area (Å²) in [4.78, 5) is 0. The molecular formula is C29H46O3. The maximum Gasteiger partial charge on any atom is 0.0811 e. The topological polar surface area (TPSA) is 60.7 Å². The van der Waals surface area contributed by atoms with Crippen molar-refractivity contribution in [1.82, 2.24) is 0 Å². The Hall–Kier alpha value is -1.16. The first kappa shape index (κ1) is 25.5. The van der Waals surface area contributed by atoms with Crippen LogP contribution in [0.3, 0.4) is 0 Å². The number of hydrogen-bond donors (Lipinski definition) is 3. The molecule has 3 N–H and O–H groups in total. The molecule has 0 heterocycles. The van der Waals surface area contributed by atoms with Crippen LogP contribution in [0.15, 0.2) is 47.6 Å². The zero-order valence-corrected chi connectivity index (χ0v) is 20.8. The molecule has 0 bridgehead atoms. The van der Waals surface area contributed by atoms with Crippen molar-refractivity contribution in [2.45, 2.75) is 110 Å². The number of aliphatic hydroxyl groups is 3. The highest BCUT2D eigenvalue weighted by atomic mass is 16.3. The summed E-state index contributed by atoms with van der Waals surface area (Å²) in [5, 5.41) is 30.1. The van der Waals surface area contributed by atoms with E-state index in [-0.39, 0.29) is 0 Å². The number of aliphatic hydroxyl groups excluding tert-OH is 2. The van der Waals surface area contributed by atoms with Gasteiger partial charge in [0.1, 0.15) is 0 Å². The molecular weight excluding hydrogens is 396 g/mol. The van der Waals surface area contributed by atoms with Crippen LogP contribution in [0.25, 0.3) is 0 Å². The van der Waals surface area contributed by atoms with Crippen LogP contribution in [0.2, 0.25) is 0 Å². The molecule has 3 aliphatic rings. The smallest absolute Gasteiger partial charge is 0.0811 e. The Kier molecular flexibility index (Phi) is 8.28. The summed E-state index contributed by atoms with van der Waals surface area (Å²) in [5.74, 6) is 2.12. The van der Waals surface area contributed by atoms with Gasteiger partial charge in [0.05, 0.1) is 17.8 Å². The summed E-state index contributed by atoms with van der Waals surface area (Å²) in [6.45, 7) is 12.8. The largest absolute Gasteiger partial charge is 0.393 e. The Morgan fingerprint density at radius 2 is 1.94 bits per heavy atom. The second-order valence-electron chi connectivity index (χ2n) is 11.7. The summed E-state index contributed by atoms with van der Waals surface area (Å²) in [6.07, 6.45) is 18.1. The predicted molar refractivity (Wildman–Crippen MR) is 133 cm³/mol. The van der Waals surface area contributed by atoms with E-state index in [1.54, 1.807) is 5.57 Å². The third kappa shape index (κ3) is 6.04. The highest BCUT2D eigenvalue weighted by Crippen LogP contribution is 2.59. The summed E-state index contributed by atoms with van der Waals surface area (Å²) in [6, 6.07) is 0. The molecule has 0 amide bonds. The van der Waals surface area contributed by atoms with Crippen molar-refractivity contribution in [3.05, 3.63) is 47.6 Å². The van der Waals surface area contributed by atoms with Gasteiger partial charge in [0.25, 0.3) is 0 Å². The average molecular weight is 443 g/mol. The van der Waals surface area contributed by atoms with Gasteiger partial charge in [-0.1, -0.05) is 50.3 Å². The number of hydrogen-bond acceptors (Lipinski definition) is 3. The van der Waals surface area contributed by atoms with E-state index in [1.165, 1.54) is 38.5 Å². The van der Waals surface area contributed by atoms with E-state index in [2.05, 4.69) is 44.7 Å².